The number of benzene rings is 1. The highest BCUT2D eigenvalue weighted by atomic mass is 16.5. The van der Waals surface area contributed by atoms with Gasteiger partial charge in [0.15, 0.2) is 0 Å². The summed E-state index contributed by atoms with van der Waals surface area (Å²) in [7, 11) is 3.49. The Hall–Kier alpha value is -1.51. The van der Waals surface area contributed by atoms with Gasteiger partial charge in [-0.15, -0.1) is 0 Å². The SMILES string of the molecule is COc1cc2c(c(OC)c1)[C@@]1(C)CC[C@@H]3C(C)(C)C(=O)CC[C@@]3(C)[C@@H]1C2. The highest BCUT2D eigenvalue weighted by Crippen LogP contribution is 2.68. The highest BCUT2D eigenvalue weighted by molar-refractivity contribution is 5.85. The normalized spacial score (nSPS) is 37.5. The van der Waals surface area contributed by atoms with Crippen LogP contribution >= 0.6 is 0 Å². The molecule has 26 heavy (non-hydrogen) atoms. The third kappa shape index (κ3) is 2.09. The monoisotopic (exact) mass is 356 g/mol. The van der Waals surface area contributed by atoms with Crippen molar-refractivity contribution in [3.05, 3.63) is 23.3 Å². The molecule has 0 saturated heterocycles. The number of ether oxygens (including phenoxy) is 2. The fraction of sp³-hybridized carbons (Fsp3) is 0.696. The van der Waals surface area contributed by atoms with Crippen molar-refractivity contribution in [3.63, 3.8) is 0 Å². The minimum absolute atomic E-state index is 0.120. The van der Waals surface area contributed by atoms with Crippen LogP contribution in [-0.2, 0) is 16.6 Å². The lowest BCUT2D eigenvalue weighted by Gasteiger charge is -2.60. The number of carbonyl (C=O) groups is 1. The number of methoxy groups -OCH3 is 2. The minimum atomic E-state index is -0.203. The second kappa shape index (κ2) is 5.50. The van der Waals surface area contributed by atoms with Gasteiger partial charge in [-0.2, -0.15) is 0 Å². The van der Waals surface area contributed by atoms with Crippen LogP contribution in [0.2, 0.25) is 0 Å². The van der Waals surface area contributed by atoms with E-state index in [-0.39, 0.29) is 16.2 Å². The first-order valence-electron chi connectivity index (χ1n) is 9.97. The number of hydrogen-bond acceptors (Lipinski definition) is 3. The van der Waals surface area contributed by atoms with Crippen molar-refractivity contribution >= 4 is 5.78 Å². The molecule has 4 atom stereocenters. The Morgan fingerprint density at radius 3 is 2.38 bits per heavy atom. The first-order chi connectivity index (χ1) is 12.2. The first-order valence-corrected chi connectivity index (χ1v) is 9.97. The highest BCUT2D eigenvalue weighted by Gasteiger charge is 2.63. The lowest BCUT2D eigenvalue weighted by atomic mass is 9.43. The van der Waals surface area contributed by atoms with E-state index in [0.717, 1.165) is 43.6 Å². The average molecular weight is 357 g/mol. The van der Waals surface area contributed by atoms with E-state index in [9.17, 15) is 4.79 Å². The zero-order chi connectivity index (χ0) is 18.9. The van der Waals surface area contributed by atoms with Crippen molar-refractivity contribution in [1.82, 2.24) is 0 Å². The van der Waals surface area contributed by atoms with Crippen LogP contribution in [0.3, 0.4) is 0 Å². The predicted octanol–water partition coefficient (Wildman–Crippen LogP) is 4.94. The molecule has 3 nitrogen and oxygen atoms in total. The number of ketones is 1. The summed E-state index contributed by atoms with van der Waals surface area (Å²) in [5.41, 5.74) is 2.88. The third-order valence-corrected chi connectivity index (χ3v) is 8.40. The molecule has 4 rings (SSSR count). The molecule has 0 unspecified atom stereocenters. The van der Waals surface area contributed by atoms with E-state index in [1.54, 1.807) is 14.2 Å². The number of rotatable bonds is 2. The standard InChI is InChI=1S/C23H32O3/c1-21(2)17-7-9-23(4)18(22(17,3)10-8-19(21)24)12-14-11-15(25-5)13-16(26-6)20(14)23/h11,13,17-18H,7-10,12H2,1-6H3/t17-,18+,22-,23+/m1/s1. The molecule has 1 aromatic carbocycles. The molecule has 0 heterocycles. The van der Waals surface area contributed by atoms with Gasteiger partial charge in [-0.25, -0.2) is 0 Å². The van der Waals surface area contributed by atoms with Gasteiger partial charge in [-0.1, -0.05) is 27.7 Å². The van der Waals surface area contributed by atoms with Crippen LogP contribution in [0.5, 0.6) is 11.5 Å². The summed E-state index contributed by atoms with van der Waals surface area (Å²) in [6.07, 6.45) is 5.06. The number of hydrogen-bond donors (Lipinski definition) is 0. The summed E-state index contributed by atoms with van der Waals surface area (Å²) in [6.45, 7) is 9.27. The van der Waals surface area contributed by atoms with Crippen molar-refractivity contribution in [3.8, 4) is 11.5 Å². The van der Waals surface area contributed by atoms with Gasteiger partial charge in [0.1, 0.15) is 17.3 Å². The van der Waals surface area contributed by atoms with E-state index in [1.807, 2.05) is 6.07 Å². The van der Waals surface area contributed by atoms with E-state index in [4.69, 9.17) is 9.47 Å². The van der Waals surface area contributed by atoms with E-state index >= 15 is 0 Å². The van der Waals surface area contributed by atoms with Crippen LogP contribution < -0.4 is 9.47 Å². The van der Waals surface area contributed by atoms with Crippen molar-refractivity contribution in [2.45, 2.75) is 65.2 Å². The molecule has 3 aliphatic rings. The molecule has 0 aromatic heterocycles. The van der Waals surface area contributed by atoms with Crippen LogP contribution in [0, 0.1) is 22.7 Å². The van der Waals surface area contributed by atoms with Crippen LogP contribution in [0.4, 0.5) is 0 Å². The molecule has 0 spiro atoms. The van der Waals surface area contributed by atoms with Gasteiger partial charge in [-0.05, 0) is 54.6 Å². The molecule has 1 aromatic rings. The zero-order valence-electron chi connectivity index (χ0n) is 17.1. The van der Waals surface area contributed by atoms with Crippen LogP contribution in [0.25, 0.3) is 0 Å². The molecule has 3 aliphatic carbocycles. The van der Waals surface area contributed by atoms with E-state index in [2.05, 4.69) is 33.8 Å². The first kappa shape index (κ1) is 17.9. The molecule has 0 amide bonds. The molecule has 2 fully saturated rings. The lowest BCUT2D eigenvalue weighted by Crippen LogP contribution is -2.57. The van der Waals surface area contributed by atoms with E-state index in [1.165, 1.54) is 11.1 Å². The summed E-state index contributed by atoms with van der Waals surface area (Å²) in [5, 5.41) is 0. The van der Waals surface area contributed by atoms with Crippen molar-refractivity contribution in [1.29, 1.82) is 0 Å². The summed E-state index contributed by atoms with van der Waals surface area (Å²) >= 11 is 0. The fourth-order valence-corrected chi connectivity index (χ4v) is 7.06. The van der Waals surface area contributed by atoms with Gasteiger partial charge >= 0.3 is 0 Å². The maximum Gasteiger partial charge on any atom is 0.138 e. The molecule has 0 N–H and O–H groups in total. The molecular weight excluding hydrogens is 324 g/mol. The summed E-state index contributed by atoms with van der Waals surface area (Å²) in [6, 6.07) is 4.24. The molecule has 0 radical (unpaired) electrons. The summed E-state index contributed by atoms with van der Waals surface area (Å²) in [5.74, 6) is 3.33. The largest absolute Gasteiger partial charge is 0.497 e. The number of carbonyl (C=O) groups excluding carboxylic acids is 1. The Bertz CT molecular complexity index is 765. The second-order valence-electron chi connectivity index (χ2n) is 9.78. The average Bonchev–Trinajstić information content (AvgIpc) is 2.92. The molecule has 3 heteroatoms. The predicted molar refractivity (Wildman–Crippen MR) is 103 cm³/mol. The second-order valence-corrected chi connectivity index (χ2v) is 9.78. The number of Topliss-reactive ketones (excluding diaryl/α,β-unsaturated/α-hetero) is 1. The molecule has 142 valence electrons. The Morgan fingerprint density at radius 1 is 1.00 bits per heavy atom. The number of fused-ring (bicyclic) bond motifs is 5. The quantitative estimate of drug-likeness (QED) is 0.753. The van der Waals surface area contributed by atoms with Crippen LogP contribution in [0.1, 0.15) is 64.5 Å². The van der Waals surface area contributed by atoms with E-state index in [0.29, 0.717) is 17.6 Å². The smallest absolute Gasteiger partial charge is 0.138 e. The molecule has 0 bridgehead atoms. The Balaban J connectivity index is 1.84. The topological polar surface area (TPSA) is 35.5 Å². The minimum Gasteiger partial charge on any atom is -0.497 e. The van der Waals surface area contributed by atoms with Gasteiger partial charge in [0.2, 0.25) is 0 Å². The van der Waals surface area contributed by atoms with Gasteiger partial charge in [0.25, 0.3) is 0 Å². The van der Waals surface area contributed by atoms with Crippen LogP contribution in [0.15, 0.2) is 12.1 Å². The van der Waals surface area contributed by atoms with Crippen LogP contribution in [-0.4, -0.2) is 20.0 Å². The van der Waals surface area contributed by atoms with Gasteiger partial charge < -0.3 is 9.47 Å². The Kier molecular flexibility index (Phi) is 3.78. The molecular formula is C23H32O3. The Labute approximate surface area is 157 Å². The summed E-state index contributed by atoms with van der Waals surface area (Å²) < 4.78 is 11.3. The third-order valence-electron chi connectivity index (χ3n) is 8.40. The molecule has 2 saturated carbocycles. The maximum atomic E-state index is 12.7. The van der Waals surface area contributed by atoms with Gasteiger partial charge in [0.05, 0.1) is 14.2 Å². The van der Waals surface area contributed by atoms with Crippen molar-refractivity contribution < 1.29 is 14.3 Å². The Morgan fingerprint density at radius 2 is 1.73 bits per heavy atom. The lowest BCUT2D eigenvalue weighted by molar-refractivity contribution is -0.151. The van der Waals surface area contributed by atoms with Gasteiger partial charge in [-0.3, -0.25) is 4.79 Å². The van der Waals surface area contributed by atoms with Gasteiger partial charge in [0, 0.05) is 28.9 Å². The summed E-state index contributed by atoms with van der Waals surface area (Å²) in [4.78, 5) is 12.7. The van der Waals surface area contributed by atoms with Crippen molar-refractivity contribution in [2.24, 2.45) is 22.7 Å². The molecule has 0 aliphatic heterocycles. The van der Waals surface area contributed by atoms with Crippen molar-refractivity contribution in [2.75, 3.05) is 14.2 Å². The van der Waals surface area contributed by atoms with E-state index < -0.39 is 0 Å². The fourth-order valence-electron chi connectivity index (χ4n) is 7.06. The zero-order valence-corrected chi connectivity index (χ0v) is 17.1. The maximum absolute atomic E-state index is 12.7.